The summed E-state index contributed by atoms with van der Waals surface area (Å²) < 4.78 is 32.4. The second-order valence-electron chi connectivity index (χ2n) is 7.25. The van der Waals surface area contributed by atoms with E-state index in [1.165, 1.54) is 17.5 Å². The number of amides is 1. The predicted molar refractivity (Wildman–Crippen MR) is 108 cm³/mol. The van der Waals surface area contributed by atoms with Crippen LogP contribution in [0, 0.1) is 6.92 Å². The molecule has 2 aromatic heterocycles. The van der Waals surface area contributed by atoms with E-state index >= 15 is 0 Å². The number of pyridine rings is 1. The largest absolute Gasteiger partial charge is 0.474 e. The maximum absolute atomic E-state index is 12.5. The minimum atomic E-state index is -3.28. The van der Waals surface area contributed by atoms with Crippen molar-refractivity contribution in [3.8, 4) is 5.88 Å². The highest BCUT2D eigenvalue weighted by molar-refractivity contribution is 7.93. The zero-order valence-corrected chi connectivity index (χ0v) is 17.3. The van der Waals surface area contributed by atoms with Crippen LogP contribution >= 0.6 is 11.3 Å². The molecular weight excluding hydrogens is 398 g/mol. The van der Waals surface area contributed by atoms with E-state index in [9.17, 15) is 13.2 Å². The Morgan fingerprint density at radius 3 is 2.50 bits per heavy atom. The van der Waals surface area contributed by atoms with Crippen molar-refractivity contribution in [1.82, 2.24) is 9.88 Å². The van der Waals surface area contributed by atoms with Crippen LogP contribution in [0.1, 0.15) is 40.2 Å². The third-order valence-corrected chi connectivity index (χ3v) is 7.79. The molecule has 2 aliphatic rings. The maximum atomic E-state index is 12.5. The molecule has 150 valence electrons. The first kappa shape index (κ1) is 19.2. The van der Waals surface area contributed by atoms with E-state index < -0.39 is 10.0 Å². The topological polar surface area (TPSA) is 88.6 Å². The van der Waals surface area contributed by atoms with E-state index in [2.05, 4.69) is 9.71 Å². The Balaban J connectivity index is 1.28. The van der Waals surface area contributed by atoms with Crippen molar-refractivity contribution in [2.75, 3.05) is 17.8 Å². The molecule has 2 fully saturated rings. The molecule has 2 aromatic rings. The molecule has 1 amide bonds. The first-order valence-corrected chi connectivity index (χ1v) is 11.8. The smallest absolute Gasteiger partial charge is 0.263 e. The summed E-state index contributed by atoms with van der Waals surface area (Å²) in [6.45, 7) is 3.30. The molecule has 1 saturated heterocycles. The van der Waals surface area contributed by atoms with Crippen LogP contribution in [-0.2, 0) is 10.0 Å². The number of thiophene rings is 1. The van der Waals surface area contributed by atoms with Gasteiger partial charge >= 0.3 is 0 Å². The van der Waals surface area contributed by atoms with Crippen molar-refractivity contribution in [3.63, 3.8) is 0 Å². The normalized spacial score (nSPS) is 18.1. The number of rotatable bonds is 6. The Morgan fingerprint density at radius 2 is 1.93 bits per heavy atom. The zero-order chi connectivity index (χ0) is 19.7. The average Bonchev–Trinajstić information content (AvgIpc) is 3.46. The lowest BCUT2D eigenvalue weighted by atomic mass is 10.1. The van der Waals surface area contributed by atoms with Crippen molar-refractivity contribution in [1.29, 1.82) is 0 Å². The fourth-order valence-corrected chi connectivity index (χ4v) is 5.40. The lowest BCUT2D eigenvalue weighted by Gasteiger charge is -2.31. The van der Waals surface area contributed by atoms with E-state index in [4.69, 9.17) is 4.74 Å². The fourth-order valence-electron chi connectivity index (χ4n) is 3.19. The molecular formula is C19H23N3O4S2. The first-order valence-electron chi connectivity index (χ1n) is 9.41. The number of sulfonamides is 1. The minimum absolute atomic E-state index is 0.00405. The Morgan fingerprint density at radius 1 is 1.18 bits per heavy atom. The molecule has 0 spiro atoms. The van der Waals surface area contributed by atoms with Gasteiger partial charge in [0.25, 0.3) is 5.91 Å². The van der Waals surface area contributed by atoms with Crippen molar-refractivity contribution >= 4 is 33.0 Å². The number of nitrogens with zero attached hydrogens (tertiary/aromatic N) is 2. The Kier molecular flexibility index (Phi) is 5.29. The van der Waals surface area contributed by atoms with Crippen LogP contribution in [0.5, 0.6) is 5.88 Å². The average molecular weight is 422 g/mol. The summed E-state index contributed by atoms with van der Waals surface area (Å²) >= 11 is 1.52. The fraction of sp³-hybridized carbons (Fsp3) is 0.474. The molecule has 0 atom stereocenters. The molecule has 0 bridgehead atoms. The summed E-state index contributed by atoms with van der Waals surface area (Å²) in [5.74, 6) is 0.551. The molecule has 28 heavy (non-hydrogen) atoms. The number of hydrogen-bond donors (Lipinski definition) is 1. The Bertz CT molecular complexity index is 944. The number of carbonyl (C=O) groups is 1. The highest BCUT2D eigenvalue weighted by Crippen LogP contribution is 2.30. The molecule has 0 radical (unpaired) electrons. The number of likely N-dealkylation sites (tertiary alicyclic amines) is 1. The van der Waals surface area contributed by atoms with Gasteiger partial charge in [0, 0.05) is 36.9 Å². The molecule has 1 aliphatic heterocycles. The monoisotopic (exact) mass is 421 g/mol. The van der Waals surface area contributed by atoms with Gasteiger partial charge in [-0.1, -0.05) is 0 Å². The van der Waals surface area contributed by atoms with Crippen LogP contribution < -0.4 is 9.46 Å². The summed E-state index contributed by atoms with van der Waals surface area (Å²) in [5.41, 5.74) is 0.450. The maximum Gasteiger partial charge on any atom is 0.263 e. The molecule has 9 heteroatoms. The van der Waals surface area contributed by atoms with Gasteiger partial charge in [0.2, 0.25) is 15.9 Å². The van der Waals surface area contributed by atoms with E-state index in [0.717, 1.165) is 35.4 Å². The number of aromatic nitrogens is 1. The molecule has 0 aromatic carbocycles. The predicted octanol–water partition coefficient (Wildman–Crippen LogP) is 3.04. The van der Waals surface area contributed by atoms with Crippen LogP contribution in [0.4, 0.5) is 5.69 Å². The van der Waals surface area contributed by atoms with Gasteiger partial charge < -0.3 is 9.64 Å². The number of carbonyl (C=O) groups excluding carboxylic acids is 1. The van der Waals surface area contributed by atoms with E-state index in [1.807, 2.05) is 24.0 Å². The lowest BCUT2D eigenvalue weighted by molar-refractivity contribution is 0.0592. The molecule has 4 rings (SSSR count). The van der Waals surface area contributed by atoms with Crippen LogP contribution in [0.25, 0.3) is 0 Å². The van der Waals surface area contributed by atoms with Gasteiger partial charge in [-0.3, -0.25) is 9.52 Å². The standard InChI is InChI=1S/C19H23N3O4S2/c1-13-2-6-17(27-13)19(23)22-10-8-15(9-11-22)26-18-7-3-14(12-20-18)21-28(24,25)16-4-5-16/h2-3,6-7,12,15-16,21H,4-5,8-11H2,1H3. The van der Waals surface area contributed by atoms with Gasteiger partial charge in [-0.25, -0.2) is 13.4 Å². The van der Waals surface area contributed by atoms with Crippen molar-refractivity contribution in [2.45, 2.75) is 44.0 Å². The van der Waals surface area contributed by atoms with Crippen molar-refractivity contribution < 1.29 is 17.9 Å². The van der Waals surface area contributed by atoms with Crippen LogP contribution in [0.15, 0.2) is 30.5 Å². The van der Waals surface area contributed by atoms with Crippen molar-refractivity contribution in [3.05, 3.63) is 40.2 Å². The van der Waals surface area contributed by atoms with Gasteiger partial charge in [0.1, 0.15) is 6.10 Å². The summed E-state index contributed by atoms with van der Waals surface area (Å²) in [7, 11) is -3.28. The van der Waals surface area contributed by atoms with E-state index in [0.29, 0.717) is 24.7 Å². The molecule has 1 aliphatic carbocycles. The SMILES string of the molecule is Cc1ccc(C(=O)N2CCC(Oc3ccc(NS(=O)(=O)C4CC4)cn3)CC2)s1. The van der Waals surface area contributed by atoms with Crippen LogP contribution in [-0.4, -0.2) is 48.7 Å². The summed E-state index contributed by atoms with van der Waals surface area (Å²) in [6, 6.07) is 7.19. The highest BCUT2D eigenvalue weighted by atomic mass is 32.2. The molecule has 3 heterocycles. The molecule has 0 unspecified atom stereocenters. The third-order valence-electron chi connectivity index (χ3n) is 4.93. The number of anilines is 1. The van der Waals surface area contributed by atoms with Crippen molar-refractivity contribution in [2.24, 2.45) is 0 Å². The number of piperidine rings is 1. The molecule has 1 N–H and O–H groups in total. The first-order chi connectivity index (χ1) is 13.4. The summed E-state index contributed by atoms with van der Waals surface area (Å²) in [5, 5.41) is -0.269. The number of nitrogens with one attached hydrogen (secondary N) is 1. The lowest BCUT2D eigenvalue weighted by Crippen LogP contribution is -2.41. The zero-order valence-electron chi connectivity index (χ0n) is 15.6. The second kappa shape index (κ2) is 7.71. The van der Waals surface area contributed by atoms with Gasteiger partial charge in [0.05, 0.1) is 22.0 Å². The van der Waals surface area contributed by atoms with E-state index in [1.54, 1.807) is 12.1 Å². The van der Waals surface area contributed by atoms with Gasteiger partial charge in [-0.05, 0) is 38.0 Å². The summed E-state index contributed by atoms with van der Waals surface area (Å²) in [6.07, 6.45) is 4.40. The Labute approximate surface area is 168 Å². The minimum Gasteiger partial charge on any atom is -0.474 e. The quantitative estimate of drug-likeness (QED) is 0.774. The number of aryl methyl sites for hydroxylation is 1. The second-order valence-corrected chi connectivity index (χ2v) is 10.5. The van der Waals surface area contributed by atoms with Crippen LogP contribution in [0.3, 0.4) is 0 Å². The molecule has 1 saturated carbocycles. The van der Waals surface area contributed by atoms with Gasteiger partial charge in [-0.15, -0.1) is 11.3 Å². The Hall–Kier alpha value is -2.13. The third kappa shape index (κ3) is 4.47. The summed E-state index contributed by atoms with van der Waals surface area (Å²) in [4.78, 5) is 20.5. The van der Waals surface area contributed by atoms with Gasteiger partial charge in [0.15, 0.2) is 0 Å². The van der Waals surface area contributed by atoms with E-state index in [-0.39, 0.29) is 17.3 Å². The highest BCUT2D eigenvalue weighted by Gasteiger charge is 2.35. The number of hydrogen-bond acceptors (Lipinski definition) is 6. The van der Waals surface area contributed by atoms with Crippen LogP contribution in [0.2, 0.25) is 0 Å². The molecule has 7 nitrogen and oxygen atoms in total. The number of ether oxygens (including phenoxy) is 1. The van der Waals surface area contributed by atoms with Gasteiger partial charge in [-0.2, -0.15) is 0 Å².